The molecule has 1 fully saturated rings. The molecule has 0 bridgehead atoms. The number of rotatable bonds is 7. The van der Waals surface area contributed by atoms with E-state index in [1.165, 1.54) is 11.1 Å². The van der Waals surface area contributed by atoms with E-state index in [1.54, 1.807) is 0 Å². The van der Waals surface area contributed by atoms with Gasteiger partial charge < -0.3 is 20.1 Å². The van der Waals surface area contributed by atoms with E-state index in [0.29, 0.717) is 17.7 Å². The van der Waals surface area contributed by atoms with Crippen molar-refractivity contribution in [1.82, 2.24) is 4.90 Å². The third kappa shape index (κ3) is 6.61. The summed E-state index contributed by atoms with van der Waals surface area (Å²) in [5.74, 6) is -0.666. The molecule has 1 saturated heterocycles. The van der Waals surface area contributed by atoms with Crippen molar-refractivity contribution in [3.8, 4) is 0 Å². The van der Waals surface area contributed by atoms with Gasteiger partial charge in [0.2, 0.25) is 5.91 Å². The minimum atomic E-state index is -0.493. The highest BCUT2D eigenvalue weighted by Crippen LogP contribution is 2.31. The smallest absolute Gasteiger partial charge is 0.338 e. The van der Waals surface area contributed by atoms with Crippen molar-refractivity contribution in [3.63, 3.8) is 0 Å². The van der Waals surface area contributed by atoms with Gasteiger partial charge in [-0.25, -0.2) is 4.79 Å². The van der Waals surface area contributed by atoms with Crippen LogP contribution in [0.5, 0.6) is 0 Å². The van der Waals surface area contributed by atoms with Crippen LogP contribution in [0, 0.1) is 0 Å². The van der Waals surface area contributed by atoms with E-state index in [1.807, 2.05) is 63.2 Å². The van der Waals surface area contributed by atoms with Crippen molar-refractivity contribution in [2.75, 3.05) is 44.2 Å². The van der Waals surface area contributed by atoms with Crippen LogP contribution in [0.15, 0.2) is 42.5 Å². The number of piperazine rings is 1. The number of fused-ring (bicyclic) bond motifs is 1. The molecule has 0 saturated carbocycles. The Bertz CT molecular complexity index is 1040. The number of benzene rings is 2. The van der Waals surface area contributed by atoms with Crippen LogP contribution < -0.4 is 10.6 Å². The van der Waals surface area contributed by atoms with Crippen molar-refractivity contribution >= 4 is 17.6 Å². The predicted octanol–water partition coefficient (Wildman–Crippen LogP) is 3.96. The average molecular weight is 480 g/mol. The van der Waals surface area contributed by atoms with Crippen LogP contribution in [0.3, 0.4) is 0 Å². The highest BCUT2D eigenvalue weighted by molar-refractivity contribution is 5.93. The summed E-state index contributed by atoms with van der Waals surface area (Å²) in [7, 11) is 0. The fraction of sp³-hybridized carbons (Fsp3) is 0.500. The Balaban J connectivity index is 1.23. The molecule has 0 radical (unpaired) electrons. The van der Waals surface area contributed by atoms with Crippen LogP contribution in [0.1, 0.15) is 71.6 Å². The van der Waals surface area contributed by atoms with Gasteiger partial charge in [-0.2, -0.15) is 0 Å². The SMILES string of the molecule is CC(C)(C)OC(=O)c1ccc(N2CCN(CCC[C@@H]3OCCc4cc(C(N)=O)ccc43)CC2)cc1. The molecule has 1 amide bonds. The van der Waals surface area contributed by atoms with Crippen LogP contribution in [0.4, 0.5) is 5.69 Å². The number of hydrogen-bond donors (Lipinski definition) is 1. The van der Waals surface area contributed by atoms with Crippen molar-refractivity contribution in [2.24, 2.45) is 5.73 Å². The van der Waals surface area contributed by atoms with Crippen LogP contribution >= 0.6 is 0 Å². The Labute approximate surface area is 208 Å². The normalized spacial score (nSPS) is 18.7. The van der Waals surface area contributed by atoms with Gasteiger partial charge in [0.05, 0.1) is 18.3 Å². The van der Waals surface area contributed by atoms with E-state index >= 15 is 0 Å². The maximum atomic E-state index is 12.2. The molecule has 0 unspecified atom stereocenters. The van der Waals surface area contributed by atoms with Gasteiger partial charge in [0.25, 0.3) is 0 Å². The number of primary amides is 1. The highest BCUT2D eigenvalue weighted by Gasteiger charge is 2.23. The Morgan fingerprint density at radius 3 is 2.37 bits per heavy atom. The van der Waals surface area contributed by atoms with Crippen LogP contribution in [0.2, 0.25) is 0 Å². The number of esters is 1. The van der Waals surface area contributed by atoms with Crippen LogP contribution in [-0.4, -0.2) is 61.7 Å². The quantitative estimate of drug-likeness (QED) is 0.605. The lowest BCUT2D eigenvalue weighted by Crippen LogP contribution is -2.46. The Hall–Kier alpha value is -2.90. The molecule has 2 aromatic rings. The lowest BCUT2D eigenvalue weighted by molar-refractivity contribution is 0.00694. The van der Waals surface area contributed by atoms with Crippen molar-refractivity contribution in [1.29, 1.82) is 0 Å². The molecule has 1 atom stereocenters. The average Bonchev–Trinajstić information content (AvgIpc) is 2.83. The molecule has 2 aliphatic heterocycles. The molecule has 4 rings (SSSR count). The third-order valence-corrected chi connectivity index (χ3v) is 6.64. The fourth-order valence-electron chi connectivity index (χ4n) is 4.80. The number of amides is 1. The third-order valence-electron chi connectivity index (χ3n) is 6.64. The zero-order chi connectivity index (χ0) is 25.0. The largest absolute Gasteiger partial charge is 0.456 e. The first-order valence-corrected chi connectivity index (χ1v) is 12.5. The number of nitrogens with zero attached hydrogens (tertiary/aromatic N) is 2. The van der Waals surface area contributed by atoms with Gasteiger partial charge in [-0.05, 0) is 94.1 Å². The molecular formula is C28H37N3O4. The standard InChI is InChI=1S/C28H37N3O4/c1-28(2,3)35-27(33)20-6-9-23(10-7-20)31-16-14-30(15-17-31)13-4-5-25-24-11-8-22(26(29)32)19-21(24)12-18-34-25/h6-11,19,25H,4-5,12-18H2,1-3H3,(H2,29,32)/t25-/m0/s1. The molecule has 2 N–H and O–H groups in total. The summed E-state index contributed by atoms with van der Waals surface area (Å²) >= 11 is 0. The summed E-state index contributed by atoms with van der Waals surface area (Å²) in [4.78, 5) is 28.6. The molecule has 7 heteroatoms. The second kappa shape index (κ2) is 10.8. The molecule has 7 nitrogen and oxygen atoms in total. The second-order valence-corrected chi connectivity index (χ2v) is 10.4. The van der Waals surface area contributed by atoms with Gasteiger partial charge in [0.15, 0.2) is 0 Å². The monoisotopic (exact) mass is 479 g/mol. The number of carbonyl (C=O) groups excluding carboxylic acids is 2. The summed E-state index contributed by atoms with van der Waals surface area (Å²) in [5, 5.41) is 0. The number of hydrogen-bond acceptors (Lipinski definition) is 6. The minimum Gasteiger partial charge on any atom is -0.456 e. The summed E-state index contributed by atoms with van der Waals surface area (Å²) < 4.78 is 11.5. The minimum absolute atomic E-state index is 0.0884. The summed E-state index contributed by atoms with van der Waals surface area (Å²) in [5.41, 5.74) is 9.61. The zero-order valence-corrected chi connectivity index (χ0v) is 21.1. The molecule has 35 heavy (non-hydrogen) atoms. The predicted molar refractivity (Wildman–Crippen MR) is 137 cm³/mol. The molecule has 0 spiro atoms. The maximum absolute atomic E-state index is 12.2. The van der Waals surface area contributed by atoms with Gasteiger partial charge >= 0.3 is 5.97 Å². The van der Waals surface area contributed by atoms with E-state index in [-0.39, 0.29) is 18.0 Å². The lowest BCUT2D eigenvalue weighted by Gasteiger charge is -2.36. The zero-order valence-electron chi connectivity index (χ0n) is 21.1. The van der Waals surface area contributed by atoms with E-state index in [4.69, 9.17) is 15.2 Å². The molecular weight excluding hydrogens is 442 g/mol. The number of ether oxygens (including phenoxy) is 2. The van der Waals surface area contributed by atoms with Crippen LogP contribution in [0.25, 0.3) is 0 Å². The lowest BCUT2D eigenvalue weighted by atomic mass is 9.93. The number of carbonyl (C=O) groups is 2. The Kier molecular flexibility index (Phi) is 7.77. The summed E-state index contributed by atoms with van der Waals surface area (Å²) in [6.45, 7) is 11.3. The van der Waals surface area contributed by atoms with Crippen molar-refractivity contribution < 1.29 is 19.1 Å². The van der Waals surface area contributed by atoms with Gasteiger partial charge in [-0.3, -0.25) is 9.69 Å². The molecule has 0 aromatic heterocycles. The summed E-state index contributed by atoms with van der Waals surface area (Å²) in [6, 6.07) is 13.5. The topological polar surface area (TPSA) is 85.1 Å². The number of nitrogens with two attached hydrogens (primary N) is 1. The van der Waals surface area contributed by atoms with Gasteiger partial charge in [-0.15, -0.1) is 0 Å². The Morgan fingerprint density at radius 1 is 1.03 bits per heavy atom. The maximum Gasteiger partial charge on any atom is 0.338 e. The number of anilines is 1. The van der Waals surface area contributed by atoms with E-state index in [2.05, 4.69) is 9.80 Å². The van der Waals surface area contributed by atoms with Crippen LogP contribution in [-0.2, 0) is 15.9 Å². The van der Waals surface area contributed by atoms with E-state index < -0.39 is 5.60 Å². The van der Waals surface area contributed by atoms with E-state index in [9.17, 15) is 9.59 Å². The molecule has 2 aromatic carbocycles. The highest BCUT2D eigenvalue weighted by atomic mass is 16.6. The first-order valence-electron chi connectivity index (χ1n) is 12.5. The van der Waals surface area contributed by atoms with Gasteiger partial charge in [0.1, 0.15) is 5.60 Å². The first-order chi connectivity index (χ1) is 16.7. The van der Waals surface area contributed by atoms with E-state index in [0.717, 1.165) is 57.7 Å². The second-order valence-electron chi connectivity index (χ2n) is 10.4. The fourth-order valence-corrected chi connectivity index (χ4v) is 4.80. The first kappa shape index (κ1) is 25.2. The Morgan fingerprint density at radius 2 is 1.71 bits per heavy atom. The molecule has 188 valence electrons. The van der Waals surface area contributed by atoms with Gasteiger partial charge in [-0.1, -0.05) is 6.07 Å². The van der Waals surface area contributed by atoms with Crippen molar-refractivity contribution in [3.05, 3.63) is 64.7 Å². The van der Waals surface area contributed by atoms with Gasteiger partial charge in [0, 0.05) is 37.4 Å². The van der Waals surface area contributed by atoms with Crippen molar-refractivity contribution in [2.45, 2.75) is 51.7 Å². The molecule has 2 aliphatic rings. The molecule has 2 heterocycles. The summed E-state index contributed by atoms with van der Waals surface area (Å²) in [6.07, 6.45) is 2.94. The molecule has 0 aliphatic carbocycles.